The summed E-state index contributed by atoms with van der Waals surface area (Å²) in [5.74, 6) is 0.837. The maximum Gasteiger partial charge on any atom is 0.243 e. The number of piperazine rings is 1. The standard InChI is InChI=1S/C18H25N3O4S.ClH/c1-13-9-14-10-16(4-5-17(14)25-13)26(23,24)20-7-2-3-15(12-20)21-8-6-19-11-18(21)22;/h4-5,10,13,15,19H,2-3,6-9,11-12H2,1H3;1H. The van der Waals surface area contributed by atoms with Gasteiger partial charge in [-0.2, -0.15) is 4.31 Å². The van der Waals surface area contributed by atoms with E-state index in [1.54, 1.807) is 18.2 Å². The summed E-state index contributed by atoms with van der Waals surface area (Å²) in [6.45, 7) is 4.60. The van der Waals surface area contributed by atoms with Gasteiger partial charge in [-0.15, -0.1) is 12.4 Å². The lowest BCUT2D eigenvalue weighted by atomic mass is 10.1. The highest BCUT2D eigenvalue weighted by molar-refractivity contribution is 7.89. The molecule has 1 aromatic rings. The number of halogens is 1. The Bertz CT molecular complexity index is 817. The molecule has 2 atom stereocenters. The molecule has 0 bridgehead atoms. The fourth-order valence-electron chi connectivity index (χ4n) is 4.11. The van der Waals surface area contributed by atoms with E-state index in [9.17, 15) is 13.2 Å². The molecule has 0 saturated carbocycles. The molecule has 27 heavy (non-hydrogen) atoms. The summed E-state index contributed by atoms with van der Waals surface area (Å²) in [6, 6.07) is 5.10. The van der Waals surface area contributed by atoms with Crippen LogP contribution in [0.1, 0.15) is 25.3 Å². The molecule has 9 heteroatoms. The number of piperidine rings is 1. The van der Waals surface area contributed by atoms with Gasteiger partial charge in [0.1, 0.15) is 11.9 Å². The first-order chi connectivity index (χ1) is 12.4. The van der Waals surface area contributed by atoms with E-state index in [1.807, 2.05) is 11.8 Å². The van der Waals surface area contributed by atoms with Crippen molar-refractivity contribution >= 4 is 28.3 Å². The quantitative estimate of drug-likeness (QED) is 0.797. The van der Waals surface area contributed by atoms with E-state index in [-0.39, 0.29) is 30.5 Å². The monoisotopic (exact) mass is 415 g/mol. The molecule has 0 aromatic heterocycles. The van der Waals surface area contributed by atoms with Gasteiger partial charge in [-0.25, -0.2) is 8.42 Å². The summed E-state index contributed by atoms with van der Waals surface area (Å²) >= 11 is 0. The lowest BCUT2D eigenvalue weighted by molar-refractivity contribution is -0.135. The summed E-state index contributed by atoms with van der Waals surface area (Å²) in [6.07, 6.45) is 2.44. The van der Waals surface area contributed by atoms with E-state index < -0.39 is 10.0 Å². The van der Waals surface area contributed by atoms with Crippen molar-refractivity contribution in [2.45, 2.75) is 43.2 Å². The molecule has 0 aliphatic carbocycles. The van der Waals surface area contributed by atoms with Crippen LogP contribution in [0.15, 0.2) is 23.1 Å². The average molecular weight is 416 g/mol. The van der Waals surface area contributed by atoms with Crippen LogP contribution in [-0.4, -0.2) is 68.4 Å². The minimum absolute atomic E-state index is 0. The Morgan fingerprint density at radius 1 is 1.26 bits per heavy atom. The maximum atomic E-state index is 13.1. The zero-order chi connectivity index (χ0) is 18.3. The van der Waals surface area contributed by atoms with Crippen LogP contribution in [0.4, 0.5) is 0 Å². The van der Waals surface area contributed by atoms with Gasteiger partial charge in [-0.1, -0.05) is 0 Å². The number of amides is 1. The topological polar surface area (TPSA) is 79.0 Å². The maximum absolute atomic E-state index is 13.1. The van der Waals surface area contributed by atoms with Crippen molar-refractivity contribution in [3.63, 3.8) is 0 Å². The molecular weight excluding hydrogens is 390 g/mol. The van der Waals surface area contributed by atoms with Crippen LogP contribution in [0.3, 0.4) is 0 Å². The number of nitrogens with one attached hydrogen (secondary N) is 1. The van der Waals surface area contributed by atoms with Gasteiger partial charge in [0.15, 0.2) is 0 Å². The minimum atomic E-state index is -3.57. The van der Waals surface area contributed by atoms with Gasteiger partial charge in [0.2, 0.25) is 15.9 Å². The molecule has 3 heterocycles. The number of carbonyl (C=O) groups is 1. The van der Waals surface area contributed by atoms with Gasteiger partial charge in [0.25, 0.3) is 0 Å². The summed E-state index contributed by atoms with van der Waals surface area (Å²) in [4.78, 5) is 14.3. The zero-order valence-corrected chi connectivity index (χ0v) is 17.0. The van der Waals surface area contributed by atoms with Crippen molar-refractivity contribution in [1.29, 1.82) is 0 Å². The Labute approximate surface area is 166 Å². The lowest BCUT2D eigenvalue weighted by Crippen LogP contribution is -2.57. The van der Waals surface area contributed by atoms with Gasteiger partial charge < -0.3 is 15.0 Å². The van der Waals surface area contributed by atoms with Gasteiger partial charge in [-0.3, -0.25) is 4.79 Å². The minimum Gasteiger partial charge on any atom is -0.490 e. The largest absolute Gasteiger partial charge is 0.490 e. The second-order valence-corrected chi connectivity index (χ2v) is 9.26. The first kappa shape index (κ1) is 20.4. The van der Waals surface area contributed by atoms with E-state index in [2.05, 4.69) is 5.32 Å². The molecule has 3 aliphatic heterocycles. The summed E-state index contributed by atoms with van der Waals surface area (Å²) in [7, 11) is -3.57. The molecule has 2 saturated heterocycles. The smallest absolute Gasteiger partial charge is 0.243 e. The molecule has 1 aromatic carbocycles. The van der Waals surface area contributed by atoms with E-state index >= 15 is 0 Å². The second kappa shape index (κ2) is 7.95. The highest BCUT2D eigenvalue weighted by Crippen LogP contribution is 2.32. The number of hydrogen-bond donors (Lipinski definition) is 1. The van der Waals surface area contributed by atoms with Crippen LogP contribution in [0.5, 0.6) is 5.75 Å². The number of ether oxygens (including phenoxy) is 1. The molecule has 0 radical (unpaired) electrons. The summed E-state index contributed by atoms with van der Waals surface area (Å²) < 4.78 is 33.5. The Morgan fingerprint density at radius 2 is 2.07 bits per heavy atom. The number of nitrogens with zero attached hydrogens (tertiary/aromatic N) is 2. The van der Waals surface area contributed by atoms with Crippen LogP contribution in [0, 0.1) is 0 Å². The van der Waals surface area contributed by atoms with Crippen LogP contribution in [0.25, 0.3) is 0 Å². The van der Waals surface area contributed by atoms with Crippen LogP contribution in [-0.2, 0) is 21.2 Å². The molecule has 4 rings (SSSR count). The van der Waals surface area contributed by atoms with Crippen molar-refractivity contribution in [3.05, 3.63) is 23.8 Å². The van der Waals surface area contributed by atoms with Crippen molar-refractivity contribution in [3.8, 4) is 5.75 Å². The third-order valence-corrected chi connectivity index (χ3v) is 7.29. The Balaban J connectivity index is 0.00000210. The first-order valence-electron chi connectivity index (χ1n) is 9.25. The average Bonchev–Trinajstić information content (AvgIpc) is 3.01. The number of sulfonamides is 1. The lowest BCUT2D eigenvalue weighted by Gasteiger charge is -2.40. The number of rotatable bonds is 3. The Kier molecular flexibility index (Phi) is 6.00. The fourth-order valence-corrected chi connectivity index (χ4v) is 5.68. The van der Waals surface area contributed by atoms with E-state index in [4.69, 9.17) is 4.74 Å². The molecule has 1 amide bonds. The van der Waals surface area contributed by atoms with E-state index in [0.29, 0.717) is 31.1 Å². The molecule has 7 nitrogen and oxygen atoms in total. The van der Waals surface area contributed by atoms with E-state index in [1.165, 1.54) is 4.31 Å². The van der Waals surface area contributed by atoms with Crippen molar-refractivity contribution in [1.82, 2.24) is 14.5 Å². The van der Waals surface area contributed by atoms with E-state index in [0.717, 1.165) is 37.1 Å². The Morgan fingerprint density at radius 3 is 2.85 bits per heavy atom. The molecular formula is C18H26ClN3O4S. The van der Waals surface area contributed by atoms with Crippen LogP contribution >= 0.6 is 12.4 Å². The van der Waals surface area contributed by atoms with Crippen molar-refractivity contribution in [2.75, 3.05) is 32.7 Å². The molecule has 2 unspecified atom stereocenters. The van der Waals surface area contributed by atoms with Gasteiger partial charge in [-0.05, 0) is 43.5 Å². The van der Waals surface area contributed by atoms with Gasteiger partial charge >= 0.3 is 0 Å². The number of carbonyl (C=O) groups excluding carboxylic acids is 1. The Hall–Kier alpha value is -1.35. The third kappa shape index (κ3) is 3.94. The van der Waals surface area contributed by atoms with Crippen LogP contribution in [0.2, 0.25) is 0 Å². The van der Waals surface area contributed by atoms with Gasteiger partial charge in [0, 0.05) is 38.6 Å². The number of benzene rings is 1. The van der Waals surface area contributed by atoms with Crippen LogP contribution < -0.4 is 10.1 Å². The normalized spacial score (nSPS) is 26.3. The van der Waals surface area contributed by atoms with Crippen molar-refractivity contribution in [2.24, 2.45) is 0 Å². The summed E-state index contributed by atoms with van der Waals surface area (Å²) in [5, 5.41) is 3.06. The number of fused-ring (bicyclic) bond motifs is 1. The van der Waals surface area contributed by atoms with Gasteiger partial charge in [0.05, 0.1) is 11.4 Å². The predicted octanol–water partition coefficient (Wildman–Crippen LogP) is 1.02. The first-order valence-corrected chi connectivity index (χ1v) is 10.7. The SMILES string of the molecule is CC1Cc2cc(S(=O)(=O)N3CCCC(N4CCNCC4=O)C3)ccc2O1.Cl. The highest BCUT2D eigenvalue weighted by Gasteiger charge is 2.35. The number of hydrogen-bond acceptors (Lipinski definition) is 5. The second-order valence-electron chi connectivity index (χ2n) is 7.33. The molecule has 2 fully saturated rings. The fraction of sp³-hybridized carbons (Fsp3) is 0.611. The molecule has 0 spiro atoms. The predicted molar refractivity (Wildman–Crippen MR) is 104 cm³/mol. The summed E-state index contributed by atoms with van der Waals surface area (Å²) in [5.41, 5.74) is 0.949. The molecule has 1 N–H and O–H groups in total. The van der Waals surface area contributed by atoms with Crippen molar-refractivity contribution < 1.29 is 17.9 Å². The molecule has 150 valence electrons. The zero-order valence-electron chi connectivity index (χ0n) is 15.4. The third-order valence-electron chi connectivity index (χ3n) is 5.43. The highest BCUT2D eigenvalue weighted by atomic mass is 35.5. The molecule has 3 aliphatic rings.